The summed E-state index contributed by atoms with van der Waals surface area (Å²) in [6.07, 6.45) is 2.27. The lowest BCUT2D eigenvalue weighted by molar-refractivity contribution is -0.131. The zero-order valence-electron chi connectivity index (χ0n) is 9.70. The fraction of sp³-hybridized carbons (Fsp3) is 0.818. The Morgan fingerprint density at radius 3 is 2.67 bits per heavy atom. The molecular weight excluding hydrogens is 190 g/mol. The summed E-state index contributed by atoms with van der Waals surface area (Å²) < 4.78 is 0. The van der Waals surface area contributed by atoms with Crippen LogP contribution in [0.4, 0.5) is 0 Å². The molecule has 0 saturated heterocycles. The van der Waals surface area contributed by atoms with E-state index < -0.39 is 0 Å². The maximum atomic E-state index is 11.7. The lowest BCUT2D eigenvalue weighted by Crippen LogP contribution is -2.34. The molecule has 4 nitrogen and oxygen atoms in total. The van der Waals surface area contributed by atoms with Crippen LogP contribution in [0.2, 0.25) is 0 Å². The second kappa shape index (κ2) is 8.25. The highest BCUT2D eigenvalue weighted by molar-refractivity contribution is 5.76. The first-order valence-electron chi connectivity index (χ1n) is 5.53. The van der Waals surface area contributed by atoms with Crippen molar-refractivity contribution in [2.45, 2.75) is 33.1 Å². The minimum atomic E-state index is -0.0941. The Kier molecular flexibility index (Phi) is 7.65. The van der Waals surface area contributed by atoms with Crippen molar-refractivity contribution >= 4 is 5.91 Å². The van der Waals surface area contributed by atoms with Crippen LogP contribution in [0, 0.1) is 17.2 Å². The predicted octanol–water partition coefficient (Wildman–Crippen LogP) is 1.12. The van der Waals surface area contributed by atoms with Crippen LogP contribution >= 0.6 is 0 Å². The molecule has 0 bridgehead atoms. The molecule has 4 heteroatoms. The number of rotatable bonds is 7. The molecular formula is C11H21N3O. The SMILES string of the molecule is CCN(CC(C)C#N)C(=O)CCCCN. The van der Waals surface area contributed by atoms with E-state index in [0.717, 1.165) is 12.8 Å². The molecule has 0 aliphatic carbocycles. The van der Waals surface area contributed by atoms with Gasteiger partial charge in [0.05, 0.1) is 12.0 Å². The molecule has 0 radical (unpaired) electrons. The Labute approximate surface area is 92.0 Å². The van der Waals surface area contributed by atoms with Gasteiger partial charge in [-0.25, -0.2) is 0 Å². The van der Waals surface area contributed by atoms with Crippen molar-refractivity contribution in [1.82, 2.24) is 4.90 Å². The van der Waals surface area contributed by atoms with Crippen LogP contribution < -0.4 is 5.73 Å². The number of nitrogens with two attached hydrogens (primary N) is 1. The zero-order chi connectivity index (χ0) is 11.7. The van der Waals surface area contributed by atoms with Crippen molar-refractivity contribution in [1.29, 1.82) is 5.26 Å². The van der Waals surface area contributed by atoms with Crippen LogP contribution in [0.15, 0.2) is 0 Å². The van der Waals surface area contributed by atoms with Gasteiger partial charge in [0.2, 0.25) is 5.91 Å². The molecule has 86 valence electrons. The molecule has 1 unspecified atom stereocenters. The van der Waals surface area contributed by atoms with Gasteiger partial charge in [0, 0.05) is 19.5 Å². The summed E-state index contributed by atoms with van der Waals surface area (Å²) in [4.78, 5) is 13.4. The first-order valence-corrected chi connectivity index (χ1v) is 5.53. The third-order valence-electron chi connectivity index (χ3n) is 2.29. The van der Waals surface area contributed by atoms with Crippen molar-refractivity contribution in [3.8, 4) is 6.07 Å². The number of carbonyl (C=O) groups excluding carboxylic acids is 1. The summed E-state index contributed by atoms with van der Waals surface area (Å²) in [5.41, 5.74) is 5.36. The second-order valence-electron chi connectivity index (χ2n) is 3.71. The maximum Gasteiger partial charge on any atom is 0.222 e. The fourth-order valence-corrected chi connectivity index (χ4v) is 1.36. The van der Waals surface area contributed by atoms with Crippen LogP contribution in [0.3, 0.4) is 0 Å². The molecule has 0 aliphatic rings. The van der Waals surface area contributed by atoms with Gasteiger partial charge in [0.1, 0.15) is 0 Å². The summed E-state index contributed by atoms with van der Waals surface area (Å²) in [6, 6.07) is 2.14. The van der Waals surface area contributed by atoms with E-state index in [9.17, 15) is 4.79 Å². The van der Waals surface area contributed by atoms with Gasteiger partial charge < -0.3 is 10.6 Å². The minimum absolute atomic E-state index is 0.0941. The van der Waals surface area contributed by atoms with Crippen molar-refractivity contribution in [2.24, 2.45) is 11.7 Å². The Bertz CT molecular complexity index is 222. The van der Waals surface area contributed by atoms with E-state index in [4.69, 9.17) is 11.0 Å². The average Bonchev–Trinajstić information content (AvgIpc) is 2.25. The van der Waals surface area contributed by atoms with Gasteiger partial charge in [-0.3, -0.25) is 4.79 Å². The normalized spacial score (nSPS) is 11.9. The van der Waals surface area contributed by atoms with Crippen LogP contribution in [-0.2, 0) is 4.79 Å². The van der Waals surface area contributed by atoms with Crippen LogP contribution in [0.25, 0.3) is 0 Å². The molecule has 0 heterocycles. The molecule has 0 aromatic heterocycles. The fourth-order valence-electron chi connectivity index (χ4n) is 1.36. The minimum Gasteiger partial charge on any atom is -0.342 e. The highest BCUT2D eigenvalue weighted by atomic mass is 16.2. The molecule has 1 amide bonds. The molecule has 0 aromatic rings. The van der Waals surface area contributed by atoms with Gasteiger partial charge in [-0.1, -0.05) is 0 Å². The predicted molar refractivity (Wildman–Crippen MR) is 59.9 cm³/mol. The summed E-state index contributed by atoms with van der Waals surface area (Å²) in [5.74, 6) is 0.0384. The van der Waals surface area contributed by atoms with Crippen molar-refractivity contribution in [3.63, 3.8) is 0 Å². The zero-order valence-corrected chi connectivity index (χ0v) is 9.70. The standard InChI is InChI=1S/C11H21N3O/c1-3-14(9-10(2)8-13)11(15)6-4-5-7-12/h10H,3-7,9,12H2,1-2H3. The average molecular weight is 211 g/mol. The summed E-state index contributed by atoms with van der Waals surface area (Å²) in [5, 5.41) is 8.67. The number of carbonyl (C=O) groups is 1. The monoisotopic (exact) mass is 211 g/mol. The second-order valence-corrected chi connectivity index (χ2v) is 3.71. The van der Waals surface area contributed by atoms with E-state index in [2.05, 4.69) is 6.07 Å². The van der Waals surface area contributed by atoms with Crippen molar-refractivity contribution in [2.75, 3.05) is 19.6 Å². The highest BCUT2D eigenvalue weighted by Gasteiger charge is 2.13. The van der Waals surface area contributed by atoms with Crippen LogP contribution in [0.5, 0.6) is 0 Å². The third-order valence-corrected chi connectivity index (χ3v) is 2.29. The maximum absolute atomic E-state index is 11.7. The Morgan fingerprint density at radius 1 is 1.53 bits per heavy atom. The molecule has 2 N–H and O–H groups in total. The van der Waals surface area contributed by atoms with E-state index in [-0.39, 0.29) is 11.8 Å². The quantitative estimate of drug-likeness (QED) is 0.641. The van der Waals surface area contributed by atoms with Gasteiger partial charge in [0.25, 0.3) is 0 Å². The van der Waals surface area contributed by atoms with Gasteiger partial charge >= 0.3 is 0 Å². The Balaban J connectivity index is 3.94. The highest BCUT2D eigenvalue weighted by Crippen LogP contribution is 2.04. The summed E-state index contributed by atoms with van der Waals surface area (Å²) >= 11 is 0. The number of amides is 1. The topological polar surface area (TPSA) is 70.1 Å². The molecule has 1 atom stereocenters. The van der Waals surface area contributed by atoms with E-state index in [1.54, 1.807) is 4.90 Å². The molecule has 0 spiro atoms. The van der Waals surface area contributed by atoms with Gasteiger partial charge in [-0.15, -0.1) is 0 Å². The molecule has 0 saturated carbocycles. The van der Waals surface area contributed by atoms with Crippen LogP contribution in [0.1, 0.15) is 33.1 Å². The molecule has 0 fully saturated rings. The molecule has 0 aliphatic heterocycles. The number of hydrogen-bond donors (Lipinski definition) is 1. The number of hydrogen-bond acceptors (Lipinski definition) is 3. The van der Waals surface area contributed by atoms with Crippen molar-refractivity contribution < 1.29 is 4.79 Å². The summed E-state index contributed by atoms with van der Waals surface area (Å²) in [6.45, 7) is 5.61. The smallest absolute Gasteiger partial charge is 0.222 e. The van der Waals surface area contributed by atoms with E-state index in [1.165, 1.54) is 0 Å². The third kappa shape index (κ3) is 6.08. The first kappa shape index (κ1) is 13.9. The van der Waals surface area contributed by atoms with E-state index >= 15 is 0 Å². The van der Waals surface area contributed by atoms with E-state index in [0.29, 0.717) is 26.1 Å². The van der Waals surface area contributed by atoms with Crippen LogP contribution in [-0.4, -0.2) is 30.4 Å². The summed E-state index contributed by atoms with van der Waals surface area (Å²) in [7, 11) is 0. The number of nitrogens with zero attached hydrogens (tertiary/aromatic N) is 2. The number of nitriles is 1. The van der Waals surface area contributed by atoms with Gasteiger partial charge in [-0.05, 0) is 33.2 Å². The van der Waals surface area contributed by atoms with E-state index in [1.807, 2.05) is 13.8 Å². The van der Waals surface area contributed by atoms with Gasteiger partial charge in [-0.2, -0.15) is 5.26 Å². The Hall–Kier alpha value is -1.08. The van der Waals surface area contributed by atoms with Crippen molar-refractivity contribution in [3.05, 3.63) is 0 Å². The largest absolute Gasteiger partial charge is 0.342 e. The molecule has 0 aromatic carbocycles. The number of unbranched alkanes of at least 4 members (excludes halogenated alkanes) is 1. The first-order chi connectivity index (χ1) is 7.15. The molecule has 15 heavy (non-hydrogen) atoms. The Morgan fingerprint density at radius 2 is 2.20 bits per heavy atom. The molecule has 0 rings (SSSR count). The lowest BCUT2D eigenvalue weighted by Gasteiger charge is -2.21. The van der Waals surface area contributed by atoms with Gasteiger partial charge in [0.15, 0.2) is 0 Å². The lowest BCUT2D eigenvalue weighted by atomic mass is 10.1.